The van der Waals surface area contributed by atoms with Crippen LogP contribution in [-0.4, -0.2) is 11.2 Å². The highest BCUT2D eigenvalue weighted by atomic mass is 127. The Kier molecular flexibility index (Phi) is 2.84. The van der Waals surface area contributed by atoms with E-state index >= 15 is 0 Å². The van der Waals surface area contributed by atoms with Crippen molar-refractivity contribution in [1.82, 2.24) is 0 Å². The van der Waals surface area contributed by atoms with Gasteiger partial charge >= 0.3 is 5.97 Å². The third kappa shape index (κ3) is 2.16. The average molecular weight is 264 g/mol. The molecular weight excluding hydrogens is 259 g/mol. The van der Waals surface area contributed by atoms with Gasteiger partial charge in [0, 0.05) is 3.57 Å². The maximum absolute atomic E-state index is 10.7. The summed E-state index contributed by atoms with van der Waals surface area (Å²) in [5, 5.41) is 8.01. The van der Waals surface area contributed by atoms with E-state index in [0.29, 0.717) is 5.56 Å². The number of benzene rings is 1. The van der Waals surface area contributed by atoms with Gasteiger partial charge < -0.3 is 0 Å². The van der Waals surface area contributed by atoms with Crippen LogP contribution < -0.4 is 0 Å². The highest BCUT2D eigenvalue weighted by molar-refractivity contribution is 14.1. The van der Waals surface area contributed by atoms with Gasteiger partial charge in [0.25, 0.3) is 0 Å². The van der Waals surface area contributed by atoms with Crippen LogP contribution in [0.15, 0.2) is 24.3 Å². The van der Waals surface area contributed by atoms with E-state index < -0.39 is 5.97 Å². The summed E-state index contributed by atoms with van der Waals surface area (Å²) >= 11 is 2.12. The fraction of sp³-hybridized carbons (Fsp3) is 0. The predicted molar refractivity (Wildman–Crippen MR) is 47.2 cm³/mol. The zero-order valence-corrected chi connectivity index (χ0v) is 7.61. The van der Waals surface area contributed by atoms with Crippen molar-refractivity contribution in [1.29, 1.82) is 0 Å². The minimum Gasteiger partial charge on any atom is -0.296 e. The molecule has 11 heavy (non-hydrogen) atoms. The fourth-order valence-corrected chi connectivity index (χ4v) is 0.998. The van der Waals surface area contributed by atoms with E-state index in [1.54, 1.807) is 24.3 Å². The molecule has 0 radical (unpaired) electrons. The molecule has 3 nitrogen and oxygen atoms in total. The van der Waals surface area contributed by atoms with Crippen molar-refractivity contribution in [3.8, 4) is 0 Å². The Morgan fingerprint density at radius 2 is 1.91 bits per heavy atom. The Morgan fingerprint density at radius 3 is 2.36 bits per heavy atom. The highest BCUT2D eigenvalue weighted by Gasteiger charge is 2.04. The number of halogens is 1. The molecule has 58 valence electrons. The first kappa shape index (κ1) is 8.48. The van der Waals surface area contributed by atoms with Crippen LogP contribution in [0.5, 0.6) is 0 Å². The lowest BCUT2D eigenvalue weighted by molar-refractivity contribution is -0.182. The Labute approximate surface area is 77.1 Å². The summed E-state index contributed by atoms with van der Waals surface area (Å²) < 4.78 is 1.03. The smallest absolute Gasteiger partial charge is 0.296 e. The average Bonchev–Trinajstić information content (AvgIpc) is 2.05. The van der Waals surface area contributed by atoms with E-state index in [9.17, 15) is 4.79 Å². The molecule has 0 heterocycles. The van der Waals surface area contributed by atoms with Crippen LogP contribution in [0.3, 0.4) is 0 Å². The number of carbonyl (C=O) groups is 1. The van der Waals surface area contributed by atoms with Gasteiger partial charge in [-0.3, -0.25) is 4.89 Å². The summed E-state index contributed by atoms with van der Waals surface area (Å²) in [5.74, 6) is -0.735. The number of hydrogen-bond acceptors (Lipinski definition) is 3. The molecule has 1 rings (SSSR count). The lowest BCUT2D eigenvalue weighted by Gasteiger charge is -1.95. The molecule has 0 unspecified atom stereocenters. The van der Waals surface area contributed by atoms with Gasteiger partial charge in [0.05, 0.1) is 5.56 Å². The molecule has 4 heteroatoms. The van der Waals surface area contributed by atoms with Crippen LogP contribution in [0.25, 0.3) is 0 Å². The Hall–Kier alpha value is -0.620. The molecule has 1 aromatic carbocycles. The van der Waals surface area contributed by atoms with Gasteiger partial charge in [-0.05, 0) is 46.9 Å². The topological polar surface area (TPSA) is 46.5 Å². The number of carbonyl (C=O) groups excluding carboxylic acids is 1. The second-order valence-corrected chi connectivity index (χ2v) is 3.13. The molecule has 0 aromatic heterocycles. The Balaban J connectivity index is 2.90. The van der Waals surface area contributed by atoms with E-state index in [2.05, 4.69) is 27.5 Å². The SMILES string of the molecule is O=C(OO)c1ccc(I)cc1. The third-order valence-electron chi connectivity index (χ3n) is 1.16. The third-order valence-corrected chi connectivity index (χ3v) is 1.88. The van der Waals surface area contributed by atoms with Crippen LogP contribution in [-0.2, 0) is 4.89 Å². The van der Waals surface area contributed by atoms with Gasteiger partial charge in [-0.2, -0.15) is 5.26 Å². The lowest BCUT2D eigenvalue weighted by Crippen LogP contribution is -2.00. The van der Waals surface area contributed by atoms with Gasteiger partial charge in [0.1, 0.15) is 0 Å². The summed E-state index contributed by atoms with van der Waals surface area (Å²) in [6, 6.07) is 6.68. The second kappa shape index (κ2) is 3.68. The minimum absolute atomic E-state index is 0.341. The number of rotatable bonds is 1. The molecule has 0 amide bonds. The largest absolute Gasteiger partial charge is 0.372 e. The van der Waals surface area contributed by atoms with Crippen LogP contribution in [0, 0.1) is 3.57 Å². The van der Waals surface area contributed by atoms with E-state index in [-0.39, 0.29) is 0 Å². The molecule has 0 aliphatic carbocycles. The predicted octanol–water partition coefficient (Wildman–Crippen LogP) is 1.92. The monoisotopic (exact) mass is 264 g/mol. The van der Waals surface area contributed by atoms with Crippen molar-refractivity contribution < 1.29 is 14.9 Å². The maximum atomic E-state index is 10.7. The summed E-state index contributed by atoms with van der Waals surface area (Å²) in [5.41, 5.74) is 0.341. The molecule has 1 aromatic rings. The molecule has 0 saturated heterocycles. The van der Waals surface area contributed by atoms with Gasteiger partial charge in [-0.15, -0.1) is 0 Å². The Bertz CT molecular complexity index is 255. The summed E-state index contributed by atoms with van der Waals surface area (Å²) in [6.07, 6.45) is 0. The zero-order valence-electron chi connectivity index (χ0n) is 5.45. The van der Waals surface area contributed by atoms with Crippen LogP contribution in [0.4, 0.5) is 0 Å². The summed E-state index contributed by atoms with van der Waals surface area (Å²) in [4.78, 5) is 14.2. The minimum atomic E-state index is -0.735. The molecule has 0 aliphatic heterocycles. The van der Waals surface area contributed by atoms with Crippen molar-refractivity contribution >= 4 is 28.6 Å². The first-order chi connectivity index (χ1) is 5.24. The zero-order chi connectivity index (χ0) is 8.27. The molecule has 0 spiro atoms. The van der Waals surface area contributed by atoms with Gasteiger partial charge in [0.2, 0.25) is 0 Å². The molecule has 1 N–H and O–H groups in total. The summed E-state index contributed by atoms with van der Waals surface area (Å²) in [6.45, 7) is 0. The van der Waals surface area contributed by atoms with E-state index in [0.717, 1.165) is 3.57 Å². The lowest BCUT2D eigenvalue weighted by atomic mass is 10.2. The normalized spacial score (nSPS) is 9.27. The molecular formula is C7H5IO3. The molecule has 0 bridgehead atoms. The molecule has 0 atom stereocenters. The van der Waals surface area contributed by atoms with Crippen LogP contribution in [0.2, 0.25) is 0 Å². The molecule has 0 fully saturated rings. The first-order valence-electron chi connectivity index (χ1n) is 2.85. The maximum Gasteiger partial charge on any atom is 0.372 e. The standard InChI is InChI=1S/C7H5IO3/c8-6-3-1-5(2-4-6)7(9)11-10/h1-4,10H. The van der Waals surface area contributed by atoms with Crippen molar-refractivity contribution in [2.24, 2.45) is 0 Å². The fourth-order valence-electron chi connectivity index (χ4n) is 0.639. The Morgan fingerprint density at radius 1 is 1.36 bits per heavy atom. The van der Waals surface area contributed by atoms with Crippen molar-refractivity contribution in [2.75, 3.05) is 0 Å². The van der Waals surface area contributed by atoms with Gasteiger partial charge in [-0.25, -0.2) is 4.79 Å². The van der Waals surface area contributed by atoms with Crippen molar-refractivity contribution in [3.05, 3.63) is 33.4 Å². The molecule has 0 saturated carbocycles. The summed E-state index contributed by atoms with van der Waals surface area (Å²) in [7, 11) is 0. The second-order valence-electron chi connectivity index (χ2n) is 1.89. The van der Waals surface area contributed by atoms with E-state index in [1.807, 2.05) is 0 Å². The van der Waals surface area contributed by atoms with Gasteiger partial charge in [0.15, 0.2) is 0 Å². The van der Waals surface area contributed by atoms with Crippen LogP contribution in [0.1, 0.15) is 10.4 Å². The van der Waals surface area contributed by atoms with Crippen LogP contribution >= 0.6 is 22.6 Å². The van der Waals surface area contributed by atoms with E-state index in [1.165, 1.54) is 0 Å². The van der Waals surface area contributed by atoms with Gasteiger partial charge in [-0.1, -0.05) is 0 Å². The molecule has 0 aliphatic rings. The van der Waals surface area contributed by atoms with Crippen molar-refractivity contribution in [3.63, 3.8) is 0 Å². The first-order valence-corrected chi connectivity index (χ1v) is 3.93. The van der Waals surface area contributed by atoms with E-state index in [4.69, 9.17) is 5.26 Å². The quantitative estimate of drug-likeness (QED) is 0.479. The highest BCUT2D eigenvalue weighted by Crippen LogP contribution is 2.07. The van der Waals surface area contributed by atoms with Crippen molar-refractivity contribution in [2.45, 2.75) is 0 Å². The number of hydrogen-bond donors (Lipinski definition) is 1.